The lowest BCUT2D eigenvalue weighted by atomic mass is 10.00. The molecule has 1 saturated heterocycles. The van der Waals surface area contributed by atoms with E-state index in [1.54, 1.807) is 48.5 Å². The third-order valence-electron chi connectivity index (χ3n) is 4.16. The van der Waals surface area contributed by atoms with Crippen LogP contribution in [-0.2, 0) is 19.0 Å². The fourth-order valence-corrected chi connectivity index (χ4v) is 2.66. The van der Waals surface area contributed by atoms with Gasteiger partial charge in [0, 0.05) is 0 Å². The summed E-state index contributed by atoms with van der Waals surface area (Å²) in [6.45, 7) is 0.531. The van der Waals surface area contributed by atoms with E-state index in [0.717, 1.165) is 6.92 Å². The van der Waals surface area contributed by atoms with Crippen LogP contribution in [-0.4, -0.2) is 42.4 Å². The van der Waals surface area contributed by atoms with Crippen LogP contribution in [0.4, 0.5) is 4.39 Å². The Kier molecular flexibility index (Phi) is 5.21. The van der Waals surface area contributed by atoms with Crippen molar-refractivity contribution in [1.29, 1.82) is 0 Å². The van der Waals surface area contributed by atoms with Gasteiger partial charge in [-0.05, 0) is 31.2 Å². The van der Waals surface area contributed by atoms with Crippen molar-refractivity contribution in [1.82, 2.24) is 0 Å². The molecule has 0 unspecified atom stereocenters. The van der Waals surface area contributed by atoms with E-state index in [-0.39, 0.29) is 5.56 Å². The van der Waals surface area contributed by atoms with Crippen molar-refractivity contribution in [2.45, 2.75) is 24.8 Å². The highest BCUT2D eigenvalue weighted by Crippen LogP contribution is 2.33. The van der Waals surface area contributed by atoms with Crippen molar-refractivity contribution in [2.75, 3.05) is 6.61 Å². The second-order valence-electron chi connectivity index (χ2n) is 6.18. The van der Waals surface area contributed by atoms with E-state index in [2.05, 4.69) is 0 Å². The summed E-state index contributed by atoms with van der Waals surface area (Å²) in [4.78, 5) is 36.1. The van der Waals surface area contributed by atoms with Gasteiger partial charge in [-0.3, -0.25) is 0 Å². The first-order valence-corrected chi connectivity index (χ1v) is 8.28. The summed E-state index contributed by atoms with van der Waals surface area (Å²) >= 11 is 0. The fraction of sp³-hybridized carbons (Fsp3) is 0.250. The molecule has 2 aromatic carbocycles. The maximum atomic E-state index is 14.8. The normalized spacial score (nSPS) is 24.1. The van der Waals surface area contributed by atoms with Crippen LogP contribution in [0, 0.1) is 0 Å². The summed E-state index contributed by atoms with van der Waals surface area (Å²) in [6.07, 6.45) is -2.78. The van der Waals surface area contributed by atoms with Gasteiger partial charge >= 0.3 is 17.9 Å². The number of carbonyl (C=O) groups excluding carboxylic acids is 3. The van der Waals surface area contributed by atoms with Crippen molar-refractivity contribution in [3.8, 4) is 0 Å². The summed E-state index contributed by atoms with van der Waals surface area (Å²) in [5.74, 6) is -2.64. The number of alkyl halides is 1. The number of rotatable bonds is 5. The number of hydrogen-bond acceptors (Lipinski definition) is 6. The molecule has 0 amide bonds. The largest absolute Gasteiger partial charge is 0.458 e. The van der Waals surface area contributed by atoms with Crippen molar-refractivity contribution >= 4 is 17.9 Å². The predicted octanol–water partition coefficient (Wildman–Crippen LogP) is 2.72. The molecule has 0 spiro atoms. The van der Waals surface area contributed by atoms with Crippen LogP contribution < -0.4 is 0 Å². The summed E-state index contributed by atoms with van der Waals surface area (Å²) in [6, 6.07) is 16.1. The second kappa shape index (κ2) is 7.57. The third kappa shape index (κ3) is 3.97. The lowest BCUT2D eigenvalue weighted by Crippen LogP contribution is -2.44. The number of hydrogen-bond donors (Lipinski definition) is 0. The SMILES string of the molecule is C[C@@]1(F)C(=O)O[C@H](COC(=O)c2ccccc2)[C@H]1OC(=O)c1ccccc1. The third-order valence-corrected chi connectivity index (χ3v) is 4.16. The minimum atomic E-state index is -2.55. The summed E-state index contributed by atoms with van der Waals surface area (Å²) in [7, 11) is 0. The Morgan fingerprint density at radius 3 is 2.07 bits per heavy atom. The molecule has 0 N–H and O–H groups in total. The first-order chi connectivity index (χ1) is 12.9. The molecule has 1 fully saturated rings. The van der Waals surface area contributed by atoms with Crippen LogP contribution in [0.25, 0.3) is 0 Å². The quantitative estimate of drug-likeness (QED) is 0.593. The Labute approximate surface area is 154 Å². The van der Waals surface area contributed by atoms with Crippen LogP contribution in [0.5, 0.6) is 0 Å². The summed E-state index contributed by atoms with van der Waals surface area (Å²) < 4.78 is 30.0. The molecule has 140 valence electrons. The molecule has 0 radical (unpaired) electrons. The van der Waals surface area contributed by atoms with Crippen molar-refractivity contribution in [3.63, 3.8) is 0 Å². The molecule has 1 heterocycles. The van der Waals surface area contributed by atoms with E-state index >= 15 is 0 Å². The number of benzene rings is 2. The van der Waals surface area contributed by atoms with Gasteiger partial charge in [0.1, 0.15) is 6.61 Å². The van der Waals surface area contributed by atoms with E-state index in [9.17, 15) is 18.8 Å². The highest BCUT2D eigenvalue weighted by atomic mass is 19.1. The highest BCUT2D eigenvalue weighted by Gasteiger charge is 2.58. The minimum absolute atomic E-state index is 0.202. The number of carbonyl (C=O) groups is 3. The molecule has 3 rings (SSSR count). The first-order valence-electron chi connectivity index (χ1n) is 8.28. The summed E-state index contributed by atoms with van der Waals surface area (Å²) in [5, 5.41) is 0. The molecule has 1 aliphatic heterocycles. The highest BCUT2D eigenvalue weighted by molar-refractivity contribution is 5.91. The molecule has 2 aromatic rings. The van der Waals surface area contributed by atoms with Gasteiger partial charge in [-0.15, -0.1) is 0 Å². The van der Waals surface area contributed by atoms with E-state index in [0.29, 0.717) is 5.56 Å². The molecule has 1 aliphatic rings. The number of esters is 3. The molecular weight excluding hydrogens is 355 g/mol. The van der Waals surface area contributed by atoms with Crippen molar-refractivity contribution in [2.24, 2.45) is 0 Å². The Morgan fingerprint density at radius 1 is 1.00 bits per heavy atom. The van der Waals surface area contributed by atoms with Crippen LogP contribution in [0.1, 0.15) is 27.6 Å². The Balaban J connectivity index is 1.70. The molecular formula is C20H17FO6. The molecule has 0 aliphatic carbocycles. The van der Waals surface area contributed by atoms with E-state index in [1.165, 1.54) is 12.1 Å². The lowest BCUT2D eigenvalue weighted by molar-refractivity contribution is -0.150. The van der Waals surface area contributed by atoms with Crippen LogP contribution >= 0.6 is 0 Å². The Hall–Kier alpha value is -3.22. The zero-order valence-electron chi connectivity index (χ0n) is 14.5. The van der Waals surface area contributed by atoms with Crippen molar-refractivity contribution in [3.05, 3.63) is 71.8 Å². The number of ether oxygens (including phenoxy) is 3. The number of halogens is 1. The molecule has 0 bridgehead atoms. The monoisotopic (exact) mass is 372 g/mol. The van der Waals surface area contributed by atoms with Gasteiger partial charge in [0.05, 0.1) is 11.1 Å². The average Bonchev–Trinajstić information content (AvgIpc) is 2.90. The molecule has 6 nitrogen and oxygen atoms in total. The fourth-order valence-electron chi connectivity index (χ4n) is 2.66. The van der Waals surface area contributed by atoms with Crippen LogP contribution in [0.3, 0.4) is 0 Å². The van der Waals surface area contributed by atoms with Gasteiger partial charge in [0.25, 0.3) is 0 Å². The first kappa shape index (κ1) is 18.6. The minimum Gasteiger partial charge on any atom is -0.458 e. The van der Waals surface area contributed by atoms with Gasteiger partial charge in [-0.25, -0.2) is 18.8 Å². The van der Waals surface area contributed by atoms with E-state index in [1.807, 2.05) is 0 Å². The van der Waals surface area contributed by atoms with E-state index in [4.69, 9.17) is 14.2 Å². The zero-order chi connectivity index (χ0) is 19.4. The smallest absolute Gasteiger partial charge is 0.348 e. The molecule has 27 heavy (non-hydrogen) atoms. The average molecular weight is 372 g/mol. The van der Waals surface area contributed by atoms with Crippen LogP contribution in [0.2, 0.25) is 0 Å². The van der Waals surface area contributed by atoms with Crippen molar-refractivity contribution < 1.29 is 33.0 Å². The van der Waals surface area contributed by atoms with Gasteiger partial charge in [0.15, 0.2) is 12.2 Å². The Bertz CT molecular complexity index is 834. The molecule has 7 heteroatoms. The zero-order valence-corrected chi connectivity index (χ0v) is 14.5. The molecule has 0 aromatic heterocycles. The maximum absolute atomic E-state index is 14.8. The topological polar surface area (TPSA) is 78.9 Å². The maximum Gasteiger partial charge on any atom is 0.348 e. The molecule has 0 saturated carbocycles. The molecule has 3 atom stereocenters. The van der Waals surface area contributed by atoms with Gasteiger partial charge < -0.3 is 14.2 Å². The number of cyclic esters (lactones) is 1. The standard InChI is InChI=1S/C20H17FO6/c1-20(21)16(27-18(23)14-10-6-3-7-11-14)15(26-19(20)24)12-25-17(22)13-8-4-2-5-9-13/h2-11,15-16H,12H2,1H3/t15-,16-,20+/m1/s1. The lowest BCUT2D eigenvalue weighted by Gasteiger charge is -2.22. The predicted molar refractivity (Wildman–Crippen MR) is 91.8 cm³/mol. The summed E-state index contributed by atoms with van der Waals surface area (Å²) in [5.41, 5.74) is -2.05. The van der Waals surface area contributed by atoms with Gasteiger partial charge in [0.2, 0.25) is 5.67 Å². The Morgan fingerprint density at radius 2 is 1.52 bits per heavy atom. The van der Waals surface area contributed by atoms with Crippen LogP contribution in [0.15, 0.2) is 60.7 Å². The van der Waals surface area contributed by atoms with Gasteiger partial charge in [-0.1, -0.05) is 36.4 Å². The second-order valence-corrected chi connectivity index (χ2v) is 6.18. The van der Waals surface area contributed by atoms with Gasteiger partial charge in [-0.2, -0.15) is 0 Å². The van der Waals surface area contributed by atoms with E-state index < -0.39 is 42.4 Å².